The molecular weight excluding hydrogens is 214 g/mol. The molecule has 0 spiro atoms. The third-order valence-corrected chi connectivity index (χ3v) is 2.49. The lowest BCUT2D eigenvalue weighted by Crippen LogP contribution is -2.30. The van der Waals surface area contributed by atoms with Gasteiger partial charge < -0.3 is 4.74 Å². The third kappa shape index (κ3) is 2.88. The van der Waals surface area contributed by atoms with Crippen molar-refractivity contribution in [2.24, 2.45) is 11.8 Å². The van der Waals surface area contributed by atoms with Gasteiger partial charge in [-0.25, -0.2) is 0 Å². The van der Waals surface area contributed by atoms with E-state index in [2.05, 4.69) is 6.58 Å². The van der Waals surface area contributed by atoms with E-state index in [1.807, 2.05) is 0 Å². The zero-order valence-corrected chi connectivity index (χ0v) is 8.76. The molecule has 0 aromatic carbocycles. The first-order chi connectivity index (χ1) is 7.56. The van der Waals surface area contributed by atoms with Crippen molar-refractivity contribution in [3.05, 3.63) is 22.8 Å². The van der Waals surface area contributed by atoms with Gasteiger partial charge >= 0.3 is 5.97 Å². The fraction of sp³-hybridized carbons (Fsp3) is 0.600. The highest BCUT2D eigenvalue weighted by Crippen LogP contribution is 2.24. The number of allylic oxidation sites excluding steroid dienone is 1. The number of rotatable bonds is 6. The molecule has 88 valence electrons. The second-order valence-electron chi connectivity index (χ2n) is 3.68. The number of carbonyl (C=O) groups is 2. The minimum absolute atomic E-state index is 0.0374. The summed E-state index contributed by atoms with van der Waals surface area (Å²) in [5, 5.41) is 10.4. The Morgan fingerprint density at radius 3 is 2.94 bits per heavy atom. The van der Waals surface area contributed by atoms with Crippen molar-refractivity contribution in [2.45, 2.75) is 12.8 Å². The summed E-state index contributed by atoms with van der Waals surface area (Å²) in [6.07, 6.45) is 2.21. The van der Waals surface area contributed by atoms with Gasteiger partial charge in [-0.1, -0.05) is 6.08 Å². The lowest BCUT2D eigenvalue weighted by Gasteiger charge is -2.09. The van der Waals surface area contributed by atoms with E-state index in [-0.39, 0.29) is 18.8 Å². The van der Waals surface area contributed by atoms with Crippen molar-refractivity contribution >= 4 is 11.8 Å². The van der Waals surface area contributed by atoms with Gasteiger partial charge in [-0.05, 0) is 6.42 Å². The molecule has 1 rings (SSSR count). The zero-order valence-electron chi connectivity index (χ0n) is 8.76. The van der Waals surface area contributed by atoms with Crippen molar-refractivity contribution in [2.75, 3.05) is 13.2 Å². The molecular formula is C10H13NO5. The Morgan fingerprint density at radius 2 is 2.38 bits per heavy atom. The molecule has 0 unspecified atom stereocenters. The van der Waals surface area contributed by atoms with Crippen LogP contribution in [0.25, 0.3) is 0 Å². The van der Waals surface area contributed by atoms with Gasteiger partial charge in [-0.2, -0.15) is 0 Å². The summed E-state index contributed by atoms with van der Waals surface area (Å²) in [5.41, 5.74) is 0. The number of hydrogen-bond acceptors (Lipinski definition) is 5. The van der Waals surface area contributed by atoms with Crippen LogP contribution < -0.4 is 0 Å². The summed E-state index contributed by atoms with van der Waals surface area (Å²) in [7, 11) is 0. The summed E-state index contributed by atoms with van der Waals surface area (Å²) >= 11 is 0. The molecule has 1 aliphatic rings. The molecule has 0 radical (unpaired) electrons. The minimum Gasteiger partial charge on any atom is -0.465 e. The van der Waals surface area contributed by atoms with Gasteiger partial charge in [0, 0.05) is 11.3 Å². The fourth-order valence-corrected chi connectivity index (χ4v) is 1.71. The van der Waals surface area contributed by atoms with Gasteiger partial charge in [-0.3, -0.25) is 19.7 Å². The van der Waals surface area contributed by atoms with Crippen molar-refractivity contribution < 1.29 is 19.2 Å². The second-order valence-corrected chi connectivity index (χ2v) is 3.68. The largest absolute Gasteiger partial charge is 0.465 e. The van der Waals surface area contributed by atoms with Crippen molar-refractivity contribution in [1.82, 2.24) is 0 Å². The smallest absolute Gasteiger partial charge is 0.317 e. The molecule has 0 aliphatic carbocycles. The van der Waals surface area contributed by atoms with Gasteiger partial charge in [-0.15, -0.1) is 6.58 Å². The predicted octanol–water partition coefficient (Wildman–Crippen LogP) is 0.588. The maximum absolute atomic E-state index is 11.6. The zero-order chi connectivity index (χ0) is 12.1. The summed E-state index contributed by atoms with van der Waals surface area (Å²) in [5.74, 6) is -2.53. The highest BCUT2D eigenvalue weighted by molar-refractivity contribution is 6.00. The minimum atomic E-state index is -0.967. The Balaban J connectivity index is 2.65. The first kappa shape index (κ1) is 12.4. The normalized spacial score (nSPS) is 23.9. The van der Waals surface area contributed by atoms with Crippen LogP contribution in [-0.2, 0) is 14.3 Å². The van der Waals surface area contributed by atoms with Crippen LogP contribution in [0.5, 0.6) is 0 Å². The first-order valence-electron chi connectivity index (χ1n) is 4.98. The van der Waals surface area contributed by atoms with Crippen LogP contribution in [0.3, 0.4) is 0 Å². The maximum Gasteiger partial charge on any atom is 0.317 e. The van der Waals surface area contributed by atoms with E-state index in [0.717, 1.165) is 0 Å². The highest BCUT2D eigenvalue weighted by Gasteiger charge is 2.44. The van der Waals surface area contributed by atoms with E-state index in [0.29, 0.717) is 6.42 Å². The van der Waals surface area contributed by atoms with Gasteiger partial charge in [0.1, 0.15) is 18.3 Å². The van der Waals surface area contributed by atoms with Gasteiger partial charge in [0.05, 0.1) is 5.92 Å². The molecule has 6 heteroatoms. The summed E-state index contributed by atoms with van der Waals surface area (Å²) in [6, 6.07) is 0. The highest BCUT2D eigenvalue weighted by atomic mass is 16.6. The van der Waals surface area contributed by atoms with Crippen molar-refractivity contribution in [3.63, 3.8) is 0 Å². The van der Waals surface area contributed by atoms with Crippen LogP contribution in [-0.4, -0.2) is 29.8 Å². The average molecular weight is 227 g/mol. The lowest BCUT2D eigenvalue weighted by molar-refractivity contribution is -0.488. The van der Waals surface area contributed by atoms with Crippen LogP contribution in [0.2, 0.25) is 0 Å². The molecule has 1 heterocycles. The van der Waals surface area contributed by atoms with Gasteiger partial charge in [0.2, 0.25) is 6.54 Å². The molecule has 2 atom stereocenters. The summed E-state index contributed by atoms with van der Waals surface area (Å²) in [6.45, 7) is 3.03. The Hall–Kier alpha value is -1.72. The monoisotopic (exact) mass is 227 g/mol. The molecule has 1 aliphatic heterocycles. The van der Waals surface area contributed by atoms with E-state index in [1.54, 1.807) is 6.08 Å². The SMILES string of the molecule is C=CCCC(=O)[C@@H]1C(=O)OC[C@H]1C[N+](=O)[O-]. The standard InChI is InChI=1S/C10H13NO5/c1-2-3-4-8(12)9-7(5-11(14)15)6-16-10(9)13/h2,7,9H,1,3-6H2/t7-,9-/m1/s1. The topological polar surface area (TPSA) is 86.5 Å². The quantitative estimate of drug-likeness (QED) is 0.218. The summed E-state index contributed by atoms with van der Waals surface area (Å²) < 4.78 is 4.69. The molecule has 0 amide bonds. The summed E-state index contributed by atoms with van der Waals surface area (Å²) in [4.78, 5) is 32.7. The molecule has 0 aromatic heterocycles. The molecule has 0 bridgehead atoms. The predicted molar refractivity (Wildman–Crippen MR) is 54.2 cm³/mol. The van der Waals surface area contributed by atoms with E-state index in [9.17, 15) is 19.7 Å². The van der Waals surface area contributed by atoms with Crippen LogP contribution in [0.15, 0.2) is 12.7 Å². The number of ether oxygens (including phenoxy) is 1. The fourth-order valence-electron chi connectivity index (χ4n) is 1.71. The Bertz CT molecular complexity index is 325. The van der Waals surface area contributed by atoms with E-state index >= 15 is 0 Å². The number of Topliss-reactive ketones (excluding diaryl/α,β-unsaturated/α-hetero) is 1. The number of nitro groups is 1. The van der Waals surface area contributed by atoms with Gasteiger partial charge in [0.15, 0.2) is 0 Å². The molecule has 1 saturated heterocycles. The number of carbonyl (C=O) groups excluding carboxylic acids is 2. The Morgan fingerprint density at radius 1 is 1.69 bits per heavy atom. The van der Waals surface area contributed by atoms with Crippen LogP contribution >= 0.6 is 0 Å². The second kappa shape index (κ2) is 5.39. The molecule has 16 heavy (non-hydrogen) atoms. The number of cyclic esters (lactones) is 1. The molecule has 0 saturated carbocycles. The number of hydrogen-bond donors (Lipinski definition) is 0. The molecule has 0 N–H and O–H groups in total. The molecule has 6 nitrogen and oxygen atoms in total. The maximum atomic E-state index is 11.6. The van der Waals surface area contributed by atoms with E-state index in [1.165, 1.54) is 0 Å². The van der Waals surface area contributed by atoms with Crippen molar-refractivity contribution in [3.8, 4) is 0 Å². The Kier molecular flexibility index (Phi) is 4.16. The molecule has 1 fully saturated rings. The van der Waals surface area contributed by atoms with E-state index < -0.39 is 29.3 Å². The van der Waals surface area contributed by atoms with Crippen LogP contribution in [0, 0.1) is 22.0 Å². The first-order valence-corrected chi connectivity index (χ1v) is 4.98. The van der Waals surface area contributed by atoms with E-state index in [4.69, 9.17) is 4.74 Å². The third-order valence-electron chi connectivity index (χ3n) is 2.49. The van der Waals surface area contributed by atoms with Gasteiger partial charge in [0.25, 0.3) is 0 Å². The van der Waals surface area contributed by atoms with Crippen LogP contribution in [0.4, 0.5) is 0 Å². The lowest BCUT2D eigenvalue weighted by atomic mass is 9.89. The number of nitrogens with zero attached hydrogens (tertiary/aromatic N) is 1. The van der Waals surface area contributed by atoms with Crippen LogP contribution in [0.1, 0.15) is 12.8 Å². The number of ketones is 1. The average Bonchev–Trinajstić information content (AvgIpc) is 2.55. The number of esters is 1. The Labute approximate surface area is 92.4 Å². The molecule has 0 aromatic rings. The van der Waals surface area contributed by atoms with Crippen molar-refractivity contribution in [1.29, 1.82) is 0 Å².